The minimum Gasteiger partial charge on any atom is -0.318 e. The number of rotatable bonds is 4. The molecule has 1 atom stereocenters. The minimum absolute atomic E-state index is 0.0191. The largest absolute Gasteiger partial charge is 0.318 e. The van der Waals surface area contributed by atoms with Crippen LogP contribution >= 0.6 is 11.3 Å². The highest BCUT2D eigenvalue weighted by Crippen LogP contribution is 2.19. The number of thiazole rings is 1. The van der Waals surface area contributed by atoms with Crippen LogP contribution in [-0.4, -0.2) is 40.5 Å². The Labute approximate surface area is 115 Å². The molecule has 0 radical (unpaired) electrons. The lowest BCUT2D eigenvalue weighted by molar-refractivity contribution is 0.239. The molecule has 1 unspecified atom stereocenters. The van der Waals surface area contributed by atoms with Crippen molar-refractivity contribution in [1.29, 1.82) is 0 Å². The number of hydrogen-bond donors (Lipinski definition) is 1. The first-order chi connectivity index (χ1) is 9.28. The molecule has 0 bridgehead atoms. The molecule has 19 heavy (non-hydrogen) atoms. The maximum atomic E-state index is 11.9. The molecule has 5 nitrogen and oxygen atoms in total. The quantitative estimate of drug-likeness (QED) is 0.904. The van der Waals surface area contributed by atoms with Gasteiger partial charge in [-0.25, -0.2) is 4.98 Å². The average Bonchev–Trinajstić information content (AvgIpc) is 3.00. The third-order valence-electron chi connectivity index (χ3n) is 3.66. The van der Waals surface area contributed by atoms with Gasteiger partial charge in [0.05, 0.1) is 5.69 Å². The normalized spacial score (nSPS) is 20.4. The Hall–Kier alpha value is -1.24. The Kier molecular flexibility index (Phi) is 3.63. The van der Waals surface area contributed by atoms with Crippen molar-refractivity contribution in [2.45, 2.75) is 25.4 Å². The number of hydrogen-bond acceptors (Lipinski definition) is 5. The third-order valence-corrected chi connectivity index (χ3v) is 4.42. The molecule has 0 aliphatic carbocycles. The highest BCUT2D eigenvalue weighted by atomic mass is 32.1. The van der Waals surface area contributed by atoms with E-state index in [0.717, 1.165) is 30.3 Å². The van der Waals surface area contributed by atoms with Crippen LogP contribution in [0.1, 0.15) is 18.5 Å². The zero-order valence-corrected chi connectivity index (χ0v) is 11.8. The van der Waals surface area contributed by atoms with Gasteiger partial charge < -0.3 is 5.32 Å². The topological polar surface area (TPSA) is 49.6 Å². The van der Waals surface area contributed by atoms with Gasteiger partial charge in [-0.05, 0) is 26.4 Å². The van der Waals surface area contributed by atoms with Crippen LogP contribution in [0.3, 0.4) is 0 Å². The van der Waals surface area contributed by atoms with Gasteiger partial charge in [0.15, 0.2) is 4.96 Å². The summed E-state index contributed by atoms with van der Waals surface area (Å²) in [5.41, 5.74) is 0.904. The summed E-state index contributed by atoms with van der Waals surface area (Å²) >= 11 is 1.51. The summed E-state index contributed by atoms with van der Waals surface area (Å²) in [6.45, 7) is 2.87. The van der Waals surface area contributed by atoms with Gasteiger partial charge in [-0.2, -0.15) is 0 Å². The van der Waals surface area contributed by atoms with Crippen LogP contribution in [0.5, 0.6) is 0 Å². The van der Waals surface area contributed by atoms with E-state index in [9.17, 15) is 4.79 Å². The van der Waals surface area contributed by atoms with E-state index in [-0.39, 0.29) is 5.56 Å². The lowest BCUT2D eigenvalue weighted by atomic mass is 10.2. The summed E-state index contributed by atoms with van der Waals surface area (Å²) in [6.07, 6.45) is 4.23. The van der Waals surface area contributed by atoms with Crippen molar-refractivity contribution in [2.75, 3.05) is 20.1 Å². The molecule has 2 aromatic heterocycles. The summed E-state index contributed by atoms with van der Waals surface area (Å²) in [5, 5.41) is 5.13. The Bertz CT molecular complexity index is 620. The van der Waals surface area contributed by atoms with Crippen LogP contribution in [-0.2, 0) is 6.54 Å². The first-order valence-corrected chi connectivity index (χ1v) is 7.50. The molecule has 1 saturated heterocycles. The van der Waals surface area contributed by atoms with Gasteiger partial charge in [0.2, 0.25) is 0 Å². The summed E-state index contributed by atoms with van der Waals surface area (Å²) in [6, 6.07) is 2.22. The standard InChI is InChI=1S/C13H18N4OS/c1-14-8-11-3-2-4-16(11)9-10-7-12(18)17-5-6-19-13(17)15-10/h5-7,11,14H,2-4,8-9H2,1H3. The Morgan fingerprint density at radius 1 is 1.58 bits per heavy atom. The maximum Gasteiger partial charge on any atom is 0.258 e. The molecule has 3 rings (SSSR count). The SMILES string of the molecule is CNCC1CCCN1Cc1cc(=O)n2ccsc2n1. The van der Waals surface area contributed by atoms with Gasteiger partial charge >= 0.3 is 0 Å². The average molecular weight is 278 g/mol. The van der Waals surface area contributed by atoms with E-state index < -0.39 is 0 Å². The second kappa shape index (κ2) is 5.40. The minimum atomic E-state index is 0.0191. The molecular weight excluding hydrogens is 260 g/mol. The highest BCUT2D eigenvalue weighted by Gasteiger charge is 2.24. The van der Waals surface area contributed by atoms with Crippen LogP contribution in [0.4, 0.5) is 0 Å². The summed E-state index contributed by atoms with van der Waals surface area (Å²) in [4.78, 5) is 19.7. The summed E-state index contributed by atoms with van der Waals surface area (Å²) < 4.78 is 1.60. The van der Waals surface area contributed by atoms with E-state index in [4.69, 9.17) is 0 Å². The van der Waals surface area contributed by atoms with Gasteiger partial charge in [0, 0.05) is 36.8 Å². The molecule has 1 aliphatic rings. The number of likely N-dealkylation sites (N-methyl/N-ethyl adjacent to an activating group) is 1. The molecule has 1 N–H and O–H groups in total. The van der Waals surface area contributed by atoms with Crippen molar-refractivity contribution in [2.24, 2.45) is 0 Å². The number of aromatic nitrogens is 2. The molecule has 0 saturated carbocycles. The predicted octanol–water partition coefficient (Wildman–Crippen LogP) is 0.940. The van der Waals surface area contributed by atoms with E-state index in [1.54, 1.807) is 16.7 Å². The smallest absolute Gasteiger partial charge is 0.258 e. The van der Waals surface area contributed by atoms with Crippen molar-refractivity contribution in [1.82, 2.24) is 19.6 Å². The third kappa shape index (κ3) is 2.56. The molecule has 1 fully saturated rings. The Morgan fingerprint density at radius 2 is 2.47 bits per heavy atom. The van der Waals surface area contributed by atoms with Gasteiger partial charge in [0.1, 0.15) is 0 Å². The fourth-order valence-corrected chi connectivity index (χ4v) is 3.49. The predicted molar refractivity (Wildman–Crippen MR) is 76.7 cm³/mol. The second-order valence-corrected chi connectivity index (χ2v) is 5.84. The first kappa shape index (κ1) is 12.8. The van der Waals surface area contributed by atoms with E-state index in [1.165, 1.54) is 24.2 Å². The van der Waals surface area contributed by atoms with Crippen LogP contribution in [0.25, 0.3) is 4.96 Å². The van der Waals surface area contributed by atoms with Crippen LogP contribution in [0.2, 0.25) is 0 Å². The molecule has 3 heterocycles. The van der Waals surface area contributed by atoms with E-state index in [0.29, 0.717) is 6.04 Å². The molecule has 2 aromatic rings. The molecule has 102 valence electrons. The molecule has 1 aliphatic heterocycles. The number of fused-ring (bicyclic) bond motifs is 1. The van der Waals surface area contributed by atoms with Crippen molar-refractivity contribution in [3.8, 4) is 0 Å². The molecular formula is C13H18N4OS. The second-order valence-electron chi connectivity index (χ2n) is 4.97. The van der Waals surface area contributed by atoms with Gasteiger partial charge in [-0.15, -0.1) is 11.3 Å². The van der Waals surface area contributed by atoms with Crippen molar-refractivity contribution >= 4 is 16.3 Å². The van der Waals surface area contributed by atoms with E-state index in [2.05, 4.69) is 15.2 Å². The van der Waals surface area contributed by atoms with Gasteiger partial charge in [0.25, 0.3) is 5.56 Å². The molecule has 0 aromatic carbocycles. The molecule has 6 heteroatoms. The first-order valence-electron chi connectivity index (χ1n) is 6.62. The van der Waals surface area contributed by atoms with Crippen molar-refractivity contribution in [3.63, 3.8) is 0 Å². The number of nitrogens with zero attached hydrogens (tertiary/aromatic N) is 3. The molecule has 0 amide bonds. The zero-order valence-electron chi connectivity index (χ0n) is 11.0. The lowest BCUT2D eigenvalue weighted by Crippen LogP contribution is -2.36. The fraction of sp³-hybridized carbons (Fsp3) is 0.538. The van der Waals surface area contributed by atoms with E-state index >= 15 is 0 Å². The number of nitrogens with one attached hydrogen (secondary N) is 1. The van der Waals surface area contributed by atoms with E-state index in [1.807, 2.05) is 12.4 Å². The highest BCUT2D eigenvalue weighted by molar-refractivity contribution is 7.15. The number of likely N-dealkylation sites (tertiary alicyclic amines) is 1. The van der Waals surface area contributed by atoms with Crippen molar-refractivity contribution in [3.05, 3.63) is 33.7 Å². The van der Waals surface area contributed by atoms with Crippen molar-refractivity contribution < 1.29 is 0 Å². The van der Waals surface area contributed by atoms with Crippen LogP contribution in [0.15, 0.2) is 22.4 Å². The lowest BCUT2D eigenvalue weighted by Gasteiger charge is -2.23. The van der Waals surface area contributed by atoms with Crippen LogP contribution < -0.4 is 10.9 Å². The monoisotopic (exact) mass is 278 g/mol. The fourth-order valence-electron chi connectivity index (χ4n) is 2.75. The van der Waals surface area contributed by atoms with Gasteiger partial charge in [-0.3, -0.25) is 14.1 Å². The summed E-state index contributed by atoms with van der Waals surface area (Å²) in [5.74, 6) is 0. The summed E-state index contributed by atoms with van der Waals surface area (Å²) in [7, 11) is 1.98. The Morgan fingerprint density at radius 3 is 3.32 bits per heavy atom. The van der Waals surface area contributed by atoms with Crippen LogP contribution in [0, 0.1) is 0 Å². The zero-order chi connectivity index (χ0) is 13.2. The maximum absolute atomic E-state index is 11.9. The molecule has 0 spiro atoms. The Balaban J connectivity index is 1.82. The van der Waals surface area contributed by atoms with Gasteiger partial charge in [-0.1, -0.05) is 0 Å².